The number of hydrogen-bond acceptors (Lipinski definition) is 3. The summed E-state index contributed by atoms with van der Waals surface area (Å²) in [5.41, 5.74) is 1.60. The average molecular weight is 322 g/mol. The van der Waals surface area contributed by atoms with E-state index < -0.39 is 0 Å². The van der Waals surface area contributed by atoms with Crippen LogP contribution in [0.2, 0.25) is 0 Å². The fraction of sp³-hybridized carbons (Fsp3) is 0.263. The molecule has 3 aromatic rings. The first-order chi connectivity index (χ1) is 11.7. The second kappa shape index (κ2) is 6.00. The summed E-state index contributed by atoms with van der Waals surface area (Å²) in [6, 6.07) is 12.2. The highest BCUT2D eigenvalue weighted by atomic mass is 16.3. The summed E-state index contributed by atoms with van der Waals surface area (Å²) < 4.78 is 5.59. The minimum atomic E-state index is -0.184. The number of carbonyl (C=O) groups excluding carboxylic acids is 2. The van der Waals surface area contributed by atoms with Crippen molar-refractivity contribution in [2.75, 3.05) is 6.54 Å². The molecule has 1 heterocycles. The van der Waals surface area contributed by atoms with Gasteiger partial charge in [-0.1, -0.05) is 30.3 Å². The second-order valence-corrected chi connectivity index (χ2v) is 6.22. The number of carbonyl (C=O) groups is 2. The van der Waals surface area contributed by atoms with Crippen LogP contribution in [0.3, 0.4) is 0 Å². The summed E-state index contributed by atoms with van der Waals surface area (Å²) in [4.78, 5) is 23.8. The van der Waals surface area contributed by atoms with Crippen molar-refractivity contribution >= 4 is 33.6 Å². The van der Waals surface area contributed by atoms with E-state index in [1.165, 1.54) is 0 Å². The van der Waals surface area contributed by atoms with E-state index in [2.05, 4.69) is 10.6 Å². The highest BCUT2D eigenvalue weighted by molar-refractivity contribution is 6.08. The van der Waals surface area contributed by atoms with Gasteiger partial charge in [-0.05, 0) is 29.7 Å². The predicted octanol–water partition coefficient (Wildman–Crippen LogP) is 2.52. The molecule has 2 aromatic carbocycles. The number of rotatable bonds is 5. The van der Waals surface area contributed by atoms with E-state index >= 15 is 0 Å². The standard InChI is InChI=1S/C19H18N2O3/c22-17(20-10-18(23)21-14-6-7-14)9-13-11-24-16-8-5-12-3-1-2-4-15(12)19(13)16/h1-5,8,11,14H,6-7,9-10H2,(H,20,22)(H,21,23). The van der Waals surface area contributed by atoms with Gasteiger partial charge in [0, 0.05) is 17.0 Å². The van der Waals surface area contributed by atoms with Crippen molar-refractivity contribution in [3.63, 3.8) is 0 Å². The third-order valence-corrected chi connectivity index (χ3v) is 4.28. The monoisotopic (exact) mass is 322 g/mol. The lowest BCUT2D eigenvalue weighted by atomic mass is 10.0. The van der Waals surface area contributed by atoms with Gasteiger partial charge in [0.1, 0.15) is 5.58 Å². The van der Waals surface area contributed by atoms with Crippen molar-refractivity contribution in [3.8, 4) is 0 Å². The van der Waals surface area contributed by atoms with Crippen LogP contribution in [0.25, 0.3) is 21.7 Å². The Morgan fingerprint density at radius 2 is 1.92 bits per heavy atom. The number of amides is 2. The summed E-state index contributed by atoms with van der Waals surface area (Å²) in [7, 11) is 0. The fourth-order valence-corrected chi connectivity index (χ4v) is 2.93. The van der Waals surface area contributed by atoms with Crippen LogP contribution < -0.4 is 10.6 Å². The SMILES string of the molecule is O=C(Cc1coc2ccc3ccccc3c12)NCC(=O)NC1CC1. The van der Waals surface area contributed by atoms with E-state index in [4.69, 9.17) is 4.42 Å². The van der Waals surface area contributed by atoms with Gasteiger partial charge in [0.25, 0.3) is 0 Å². The maximum Gasteiger partial charge on any atom is 0.239 e. The molecule has 5 nitrogen and oxygen atoms in total. The van der Waals surface area contributed by atoms with Crippen molar-refractivity contribution in [1.82, 2.24) is 10.6 Å². The van der Waals surface area contributed by atoms with Crippen LogP contribution in [-0.2, 0) is 16.0 Å². The molecular weight excluding hydrogens is 304 g/mol. The van der Waals surface area contributed by atoms with E-state index in [1.807, 2.05) is 36.4 Å². The highest BCUT2D eigenvalue weighted by Gasteiger charge is 2.23. The van der Waals surface area contributed by atoms with Gasteiger partial charge in [0.15, 0.2) is 0 Å². The third-order valence-electron chi connectivity index (χ3n) is 4.28. The Labute approximate surface area is 139 Å². The fourth-order valence-electron chi connectivity index (χ4n) is 2.93. The number of furan rings is 1. The first-order valence-electron chi connectivity index (χ1n) is 8.14. The molecule has 0 spiro atoms. The zero-order chi connectivity index (χ0) is 16.5. The van der Waals surface area contributed by atoms with Crippen molar-refractivity contribution < 1.29 is 14.0 Å². The molecule has 1 saturated carbocycles. The Bertz CT molecular complexity index is 925. The van der Waals surface area contributed by atoms with Crippen LogP contribution in [0.5, 0.6) is 0 Å². The number of nitrogens with one attached hydrogen (secondary N) is 2. The Balaban J connectivity index is 1.50. The van der Waals surface area contributed by atoms with Crippen LogP contribution >= 0.6 is 0 Å². The minimum Gasteiger partial charge on any atom is -0.464 e. The number of fused-ring (bicyclic) bond motifs is 3. The molecule has 0 aliphatic heterocycles. The van der Waals surface area contributed by atoms with Crippen molar-refractivity contribution in [2.45, 2.75) is 25.3 Å². The normalized spacial score (nSPS) is 14.0. The van der Waals surface area contributed by atoms with Crippen molar-refractivity contribution in [2.24, 2.45) is 0 Å². The average Bonchev–Trinajstić information content (AvgIpc) is 3.31. The lowest BCUT2D eigenvalue weighted by Crippen LogP contribution is -2.38. The van der Waals surface area contributed by atoms with Gasteiger partial charge in [-0.25, -0.2) is 0 Å². The Kier molecular flexibility index (Phi) is 3.69. The molecule has 122 valence electrons. The molecule has 1 aliphatic carbocycles. The Morgan fingerprint density at radius 3 is 2.75 bits per heavy atom. The van der Waals surface area contributed by atoms with Crippen molar-refractivity contribution in [3.05, 3.63) is 48.2 Å². The molecule has 2 amide bonds. The molecule has 0 radical (unpaired) electrons. The number of benzene rings is 2. The van der Waals surface area contributed by atoms with Crippen LogP contribution in [0, 0.1) is 0 Å². The summed E-state index contributed by atoms with van der Waals surface area (Å²) in [5.74, 6) is -0.315. The largest absolute Gasteiger partial charge is 0.464 e. The zero-order valence-corrected chi connectivity index (χ0v) is 13.2. The molecule has 0 atom stereocenters. The molecule has 4 rings (SSSR count). The molecule has 24 heavy (non-hydrogen) atoms. The lowest BCUT2D eigenvalue weighted by molar-refractivity contribution is -0.125. The molecule has 2 N–H and O–H groups in total. The lowest BCUT2D eigenvalue weighted by Gasteiger charge is -2.06. The predicted molar refractivity (Wildman–Crippen MR) is 91.6 cm³/mol. The van der Waals surface area contributed by atoms with E-state index in [0.717, 1.165) is 40.1 Å². The molecule has 0 saturated heterocycles. The van der Waals surface area contributed by atoms with Crippen LogP contribution in [-0.4, -0.2) is 24.4 Å². The maximum atomic E-state index is 12.2. The van der Waals surface area contributed by atoms with Crippen LogP contribution in [0.1, 0.15) is 18.4 Å². The molecule has 0 bridgehead atoms. The quantitative estimate of drug-likeness (QED) is 0.758. The molecule has 5 heteroatoms. The van der Waals surface area contributed by atoms with Gasteiger partial charge in [0.2, 0.25) is 11.8 Å². The van der Waals surface area contributed by atoms with Gasteiger partial charge in [-0.3, -0.25) is 9.59 Å². The molecule has 0 unspecified atom stereocenters. The van der Waals surface area contributed by atoms with E-state index in [-0.39, 0.29) is 24.8 Å². The zero-order valence-electron chi connectivity index (χ0n) is 13.2. The van der Waals surface area contributed by atoms with Gasteiger partial charge >= 0.3 is 0 Å². The maximum absolute atomic E-state index is 12.2. The van der Waals surface area contributed by atoms with Crippen LogP contribution in [0.4, 0.5) is 0 Å². The smallest absolute Gasteiger partial charge is 0.239 e. The van der Waals surface area contributed by atoms with Gasteiger partial charge in [-0.2, -0.15) is 0 Å². The first kappa shape index (κ1) is 14.8. The van der Waals surface area contributed by atoms with Gasteiger partial charge in [0.05, 0.1) is 19.2 Å². The van der Waals surface area contributed by atoms with E-state index in [9.17, 15) is 9.59 Å². The van der Waals surface area contributed by atoms with E-state index in [1.54, 1.807) is 6.26 Å². The minimum absolute atomic E-state index is 0.0197. The summed E-state index contributed by atoms with van der Waals surface area (Å²) in [5, 5.41) is 8.66. The topological polar surface area (TPSA) is 71.3 Å². The van der Waals surface area contributed by atoms with Gasteiger partial charge in [-0.15, -0.1) is 0 Å². The van der Waals surface area contributed by atoms with Crippen molar-refractivity contribution in [1.29, 1.82) is 0 Å². The summed E-state index contributed by atoms with van der Waals surface area (Å²) in [6.45, 7) is 0.0197. The summed E-state index contributed by atoms with van der Waals surface area (Å²) in [6.07, 6.45) is 3.89. The first-order valence-corrected chi connectivity index (χ1v) is 8.14. The molecule has 1 aromatic heterocycles. The van der Waals surface area contributed by atoms with E-state index in [0.29, 0.717) is 6.04 Å². The summed E-state index contributed by atoms with van der Waals surface area (Å²) >= 11 is 0. The Morgan fingerprint density at radius 1 is 1.08 bits per heavy atom. The Hall–Kier alpha value is -2.82. The molecule has 1 fully saturated rings. The second-order valence-electron chi connectivity index (χ2n) is 6.22. The van der Waals surface area contributed by atoms with Crippen LogP contribution in [0.15, 0.2) is 47.1 Å². The third kappa shape index (κ3) is 2.97. The molecular formula is C19H18N2O3. The molecule has 1 aliphatic rings. The highest BCUT2D eigenvalue weighted by Crippen LogP contribution is 2.30. The van der Waals surface area contributed by atoms with Gasteiger partial charge < -0.3 is 15.1 Å². The number of hydrogen-bond donors (Lipinski definition) is 2.